The zero-order chi connectivity index (χ0) is 20.3. The fourth-order valence-corrected chi connectivity index (χ4v) is 5.71. The maximum absolute atomic E-state index is 13.1. The van der Waals surface area contributed by atoms with Crippen LogP contribution in [0.3, 0.4) is 0 Å². The smallest absolute Gasteiger partial charge is 0.244 e. The second-order valence-electron chi connectivity index (χ2n) is 7.24. The number of methoxy groups -OCH3 is 1. The third kappa shape index (κ3) is 4.55. The zero-order valence-corrected chi connectivity index (χ0v) is 18.0. The Labute approximate surface area is 175 Å². The third-order valence-corrected chi connectivity index (χ3v) is 7.62. The van der Waals surface area contributed by atoms with Crippen molar-refractivity contribution in [2.45, 2.75) is 43.0 Å². The number of aromatic nitrogens is 2. The first kappa shape index (κ1) is 20.1. The molecule has 1 aliphatic rings. The highest BCUT2D eigenvalue weighted by Gasteiger charge is 2.27. The summed E-state index contributed by atoms with van der Waals surface area (Å²) in [6.07, 6.45) is 6.72. The van der Waals surface area contributed by atoms with Gasteiger partial charge in [0.25, 0.3) is 0 Å². The van der Waals surface area contributed by atoms with Crippen molar-refractivity contribution in [2.75, 3.05) is 13.7 Å². The summed E-state index contributed by atoms with van der Waals surface area (Å²) >= 11 is 1.51. The summed E-state index contributed by atoms with van der Waals surface area (Å²) in [6.45, 7) is 0.313. The maximum atomic E-state index is 13.1. The molecular formula is C21H25N3O3S2. The molecule has 2 heterocycles. The van der Waals surface area contributed by atoms with Crippen LogP contribution in [0.15, 0.2) is 52.9 Å². The van der Waals surface area contributed by atoms with Gasteiger partial charge in [0, 0.05) is 12.7 Å². The fourth-order valence-electron chi connectivity index (χ4n) is 3.75. The van der Waals surface area contributed by atoms with Crippen molar-refractivity contribution < 1.29 is 13.2 Å². The van der Waals surface area contributed by atoms with Crippen LogP contribution in [0.2, 0.25) is 0 Å². The predicted octanol–water partition coefficient (Wildman–Crippen LogP) is 4.26. The Morgan fingerprint density at radius 2 is 2.07 bits per heavy atom. The molecule has 0 aliphatic heterocycles. The number of thiophene rings is 1. The summed E-state index contributed by atoms with van der Waals surface area (Å²) in [5, 5.41) is 6.62. The molecule has 4 rings (SSSR count). The van der Waals surface area contributed by atoms with Gasteiger partial charge in [0.2, 0.25) is 10.0 Å². The number of rotatable bonds is 8. The zero-order valence-electron chi connectivity index (χ0n) is 16.4. The SMILES string of the molecule is COc1cccc(CCNS(=O)(=O)c2cn(C3CCCC3)nc2-c2cccs2)c1. The van der Waals surface area contributed by atoms with Crippen LogP contribution in [0, 0.1) is 0 Å². The van der Waals surface area contributed by atoms with Gasteiger partial charge in [-0.2, -0.15) is 5.10 Å². The Kier molecular flexibility index (Phi) is 6.03. The molecule has 1 aliphatic carbocycles. The minimum absolute atomic E-state index is 0.262. The van der Waals surface area contributed by atoms with E-state index < -0.39 is 10.0 Å². The van der Waals surface area contributed by atoms with E-state index in [0.29, 0.717) is 18.7 Å². The number of nitrogens with zero attached hydrogens (tertiary/aromatic N) is 2. The second-order valence-corrected chi connectivity index (χ2v) is 9.92. The second kappa shape index (κ2) is 8.69. The van der Waals surface area contributed by atoms with Crippen molar-refractivity contribution in [3.05, 3.63) is 53.5 Å². The van der Waals surface area contributed by atoms with Gasteiger partial charge >= 0.3 is 0 Å². The normalized spacial score (nSPS) is 15.1. The third-order valence-electron chi connectivity index (χ3n) is 5.28. The summed E-state index contributed by atoms with van der Waals surface area (Å²) in [4.78, 5) is 1.13. The quantitative estimate of drug-likeness (QED) is 0.578. The Hall–Kier alpha value is -2.16. The van der Waals surface area contributed by atoms with E-state index in [2.05, 4.69) is 9.82 Å². The van der Waals surface area contributed by atoms with E-state index >= 15 is 0 Å². The molecule has 29 heavy (non-hydrogen) atoms. The number of sulfonamides is 1. The highest BCUT2D eigenvalue weighted by atomic mass is 32.2. The number of nitrogens with one attached hydrogen (secondary N) is 1. The first-order valence-electron chi connectivity index (χ1n) is 9.82. The van der Waals surface area contributed by atoms with Gasteiger partial charge in [-0.05, 0) is 48.4 Å². The Morgan fingerprint density at radius 3 is 2.79 bits per heavy atom. The summed E-state index contributed by atoms with van der Waals surface area (Å²) in [6, 6.07) is 11.8. The molecule has 1 aromatic carbocycles. The molecule has 2 aromatic heterocycles. The van der Waals surface area contributed by atoms with E-state index in [4.69, 9.17) is 4.74 Å². The molecule has 154 valence electrons. The number of benzene rings is 1. The predicted molar refractivity (Wildman–Crippen MR) is 115 cm³/mol. The molecule has 0 radical (unpaired) electrons. The van der Waals surface area contributed by atoms with Crippen molar-refractivity contribution in [2.24, 2.45) is 0 Å². The van der Waals surface area contributed by atoms with Gasteiger partial charge in [0.15, 0.2) is 0 Å². The molecule has 8 heteroatoms. The van der Waals surface area contributed by atoms with Crippen molar-refractivity contribution in [3.63, 3.8) is 0 Å². The highest BCUT2D eigenvalue weighted by molar-refractivity contribution is 7.89. The van der Waals surface area contributed by atoms with Gasteiger partial charge in [0.1, 0.15) is 16.3 Å². The highest BCUT2D eigenvalue weighted by Crippen LogP contribution is 2.34. The van der Waals surface area contributed by atoms with E-state index in [-0.39, 0.29) is 10.9 Å². The van der Waals surface area contributed by atoms with E-state index in [9.17, 15) is 8.42 Å². The fraction of sp³-hybridized carbons (Fsp3) is 0.381. The van der Waals surface area contributed by atoms with Crippen molar-refractivity contribution >= 4 is 21.4 Å². The average molecular weight is 432 g/mol. The Balaban J connectivity index is 1.55. The molecule has 1 N–H and O–H groups in total. The molecule has 0 atom stereocenters. The molecule has 3 aromatic rings. The first-order valence-corrected chi connectivity index (χ1v) is 12.2. The average Bonchev–Trinajstić information content (AvgIpc) is 3.48. The van der Waals surface area contributed by atoms with E-state index in [0.717, 1.165) is 29.0 Å². The lowest BCUT2D eigenvalue weighted by atomic mass is 10.1. The molecule has 0 amide bonds. The largest absolute Gasteiger partial charge is 0.497 e. The topological polar surface area (TPSA) is 73.2 Å². The minimum atomic E-state index is -3.67. The van der Waals surface area contributed by atoms with Gasteiger partial charge in [0.05, 0.1) is 18.0 Å². The maximum Gasteiger partial charge on any atom is 0.244 e. The van der Waals surface area contributed by atoms with Crippen molar-refractivity contribution in [3.8, 4) is 16.3 Å². The first-order chi connectivity index (χ1) is 14.1. The van der Waals surface area contributed by atoms with E-state index in [1.165, 1.54) is 24.2 Å². The van der Waals surface area contributed by atoms with Gasteiger partial charge in [-0.25, -0.2) is 13.1 Å². The molecule has 0 bridgehead atoms. The van der Waals surface area contributed by atoms with Gasteiger partial charge in [-0.1, -0.05) is 31.0 Å². The van der Waals surface area contributed by atoms with E-state index in [1.54, 1.807) is 13.3 Å². The number of ether oxygens (including phenoxy) is 1. The summed E-state index contributed by atoms with van der Waals surface area (Å²) in [7, 11) is -2.05. The summed E-state index contributed by atoms with van der Waals surface area (Å²) < 4.78 is 36.1. The molecule has 0 spiro atoms. The van der Waals surface area contributed by atoms with Crippen LogP contribution in [0.25, 0.3) is 10.6 Å². The number of hydrogen-bond donors (Lipinski definition) is 1. The number of hydrogen-bond acceptors (Lipinski definition) is 5. The molecular weight excluding hydrogens is 406 g/mol. The molecule has 0 unspecified atom stereocenters. The van der Waals surface area contributed by atoms with Crippen LogP contribution in [0.1, 0.15) is 37.3 Å². The van der Waals surface area contributed by atoms with Crippen molar-refractivity contribution in [1.29, 1.82) is 0 Å². The monoisotopic (exact) mass is 431 g/mol. The molecule has 6 nitrogen and oxygen atoms in total. The van der Waals surface area contributed by atoms with E-state index in [1.807, 2.05) is 46.5 Å². The van der Waals surface area contributed by atoms with Gasteiger partial charge in [-0.3, -0.25) is 4.68 Å². The van der Waals surface area contributed by atoms with Crippen LogP contribution < -0.4 is 9.46 Å². The van der Waals surface area contributed by atoms with Crippen molar-refractivity contribution in [1.82, 2.24) is 14.5 Å². The minimum Gasteiger partial charge on any atom is -0.497 e. The lowest BCUT2D eigenvalue weighted by molar-refractivity contribution is 0.414. The van der Waals surface area contributed by atoms with Crippen LogP contribution in [-0.4, -0.2) is 31.9 Å². The van der Waals surface area contributed by atoms with Crippen LogP contribution in [0.5, 0.6) is 5.75 Å². The van der Waals surface area contributed by atoms with Crippen LogP contribution in [0.4, 0.5) is 0 Å². The van der Waals surface area contributed by atoms with Gasteiger partial charge < -0.3 is 4.74 Å². The lowest BCUT2D eigenvalue weighted by Gasteiger charge is -2.09. The van der Waals surface area contributed by atoms with Crippen LogP contribution in [-0.2, 0) is 16.4 Å². The standard InChI is InChI=1S/C21H25N3O3S2/c1-27-18-9-4-6-16(14-18)11-12-22-29(25,26)20-15-24(17-7-2-3-8-17)23-21(20)19-10-5-13-28-19/h4-6,9-10,13-15,17,22H,2-3,7-8,11-12H2,1H3. The Bertz CT molecular complexity index is 1050. The molecule has 1 fully saturated rings. The van der Waals surface area contributed by atoms with Crippen LogP contribution >= 0.6 is 11.3 Å². The Morgan fingerprint density at radius 1 is 1.24 bits per heavy atom. The summed E-state index contributed by atoms with van der Waals surface area (Å²) in [5.41, 5.74) is 1.56. The molecule has 0 saturated heterocycles. The van der Waals surface area contributed by atoms with Gasteiger partial charge in [-0.15, -0.1) is 11.3 Å². The molecule has 1 saturated carbocycles. The lowest BCUT2D eigenvalue weighted by Crippen LogP contribution is -2.26. The summed E-state index contributed by atoms with van der Waals surface area (Å²) in [5.74, 6) is 0.767.